The number of hydrogen-bond acceptors (Lipinski definition) is 5. The molecule has 0 spiro atoms. The van der Waals surface area contributed by atoms with E-state index in [1.807, 2.05) is 17.2 Å². The van der Waals surface area contributed by atoms with E-state index in [9.17, 15) is 4.79 Å². The van der Waals surface area contributed by atoms with Gasteiger partial charge in [-0.15, -0.1) is 0 Å². The number of nitrogens with one attached hydrogen (secondary N) is 3. The van der Waals surface area contributed by atoms with Crippen LogP contribution in [-0.2, 0) is 0 Å². The van der Waals surface area contributed by atoms with Gasteiger partial charge in [-0.25, -0.2) is 14.8 Å². The lowest BCUT2D eigenvalue weighted by molar-refractivity contribution is 0.213. The molecule has 2 aliphatic rings. The number of nitrogens with zero attached hydrogens (tertiary/aromatic N) is 5. The van der Waals surface area contributed by atoms with Crippen molar-refractivity contribution in [3.05, 3.63) is 30.9 Å². The molecule has 1 saturated carbocycles. The van der Waals surface area contributed by atoms with Crippen molar-refractivity contribution >= 4 is 28.7 Å². The average Bonchev–Trinajstić information content (AvgIpc) is 3.43. The van der Waals surface area contributed by atoms with Crippen LogP contribution in [0.2, 0.25) is 0 Å². The van der Waals surface area contributed by atoms with E-state index < -0.39 is 0 Å². The molecule has 9 nitrogen and oxygen atoms in total. The molecule has 9 heteroatoms. The van der Waals surface area contributed by atoms with E-state index in [-0.39, 0.29) is 11.4 Å². The minimum atomic E-state index is -0.0605. The van der Waals surface area contributed by atoms with E-state index in [4.69, 9.17) is 0 Å². The molecule has 0 bridgehead atoms. The molecule has 146 valence electrons. The average molecular weight is 380 g/mol. The first-order valence-electron chi connectivity index (χ1n) is 9.60. The Morgan fingerprint density at radius 1 is 1.39 bits per heavy atom. The zero-order valence-corrected chi connectivity index (χ0v) is 16.0. The largest absolute Gasteiger partial charge is 0.356 e. The quantitative estimate of drug-likeness (QED) is 0.647. The lowest BCUT2D eigenvalue weighted by Crippen LogP contribution is -2.38. The fourth-order valence-corrected chi connectivity index (χ4v) is 4.94. The van der Waals surface area contributed by atoms with E-state index in [2.05, 4.69) is 49.3 Å². The highest BCUT2D eigenvalue weighted by Gasteiger charge is 2.52. The number of anilines is 2. The summed E-state index contributed by atoms with van der Waals surface area (Å²) in [6.07, 6.45) is 7.24. The molecule has 0 radical (unpaired) electrons. The highest BCUT2D eigenvalue weighted by Crippen LogP contribution is 2.50. The van der Waals surface area contributed by atoms with Crippen LogP contribution >= 0.6 is 0 Å². The Morgan fingerprint density at radius 2 is 2.29 bits per heavy atom. The first-order valence-corrected chi connectivity index (χ1v) is 9.60. The van der Waals surface area contributed by atoms with Crippen molar-refractivity contribution in [1.82, 2.24) is 30.0 Å². The highest BCUT2D eigenvalue weighted by atomic mass is 16.2. The van der Waals surface area contributed by atoms with Gasteiger partial charge in [0.25, 0.3) is 0 Å². The minimum Gasteiger partial charge on any atom is -0.356 e. The Labute approximate surface area is 162 Å². The van der Waals surface area contributed by atoms with Crippen molar-refractivity contribution in [2.75, 3.05) is 30.4 Å². The lowest BCUT2D eigenvalue weighted by Gasteiger charge is -2.29. The molecule has 3 aromatic heterocycles. The van der Waals surface area contributed by atoms with E-state index in [1.54, 1.807) is 18.6 Å². The first-order chi connectivity index (χ1) is 13.5. The maximum absolute atomic E-state index is 12.6. The molecule has 2 fully saturated rings. The molecule has 28 heavy (non-hydrogen) atoms. The van der Waals surface area contributed by atoms with Gasteiger partial charge in [-0.1, -0.05) is 6.92 Å². The van der Waals surface area contributed by atoms with Gasteiger partial charge in [0.1, 0.15) is 23.6 Å². The molecule has 0 aromatic carbocycles. The maximum Gasteiger partial charge on any atom is 0.323 e. The number of hydrogen-bond donors (Lipinski definition) is 3. The zero-order valence-electron chi connectivity index (χ0n) is 16.0. The van der Waals surface area contributed by atoms with Gasteiger partial charge in [-0.05, 0) is 30.2 Å². The third kappa shape index (κ3) is 2.69. The van der Waals surface area contributed by atoms with E-state index in [0.29, 0.717) is 17.8 Å². The molecule has 1 saturated heterocycles. The van der Waals surface area contributed by atoms with Crippen molar-refractivity contribution in [3.8, 4) is 0 Å². The van der Waals surface area contributed by atoms with Gasteiger partial charge in [-0.2, -0.15) is 5.10 Å². The number of aromatic nitrogens is 5. The summed E-state index contributed by atoms with van der Waals surface area (Å²) in [5.41, 5.74) is 0.983. The van der Waals surface area contributed by atoms with Crippen molar-refractivity contribution in [2.45, 2.75) is 25.8 Å². The summed E-state index contributed by atoms with van der Waals surface area (Å²) in [4.78, 5) is 28.8. The number of likely N-dealkylation sites (tertiary alicyclic amines) is 1. The second kappa shape index (κ2) is 6.22. The Kier molecular flexibility index (Phi) is 3.78. The molecule has 3 N–H and O–H groups in total. The maximum atomic E-state index is 12.6. The summed E-state index contributed by atoms with van der Waals surface area (Å²) in [5.74, 6) is 2.08. The molecule has 4 heterocycles. The minimum absolute atomic E-state index is 0.0605. The summed E-state index contributed by atoms with van der Waals surface area (Å²) in [6.45, 7) is 3.86. The molecule has 5 rings (SSSR count). The number of amides is 2. The highest BCUT2D eigenvalue weighted by molar-refractivity contribution is 5.89. The predicted molar refractivity (Wildman–Crippen MR) is 106 cm³/mol. The molecular weight excluding hydrogens is 356 g/mol. The zero-order chi connectivity index (χ0) is 19.3. The van der Waals surface area contributed by atoms with Crippen LogP contribution in [0.5, 0.6) is 0 Å². The van der Waals surface area contributed by atoms with Crippen LogP contribution in [0.4, 0.5) is 16.4 Å². The molecule has 2 amide bonds. The lowest BCUT2D eigenvalue weighted by atomic mass is 9.83. The van der Waals surface area contributed by atoms with Crippen LogP contribution in [0.1, 0.15) is 19.8 Å². The predicted octanol–water partition coefficient (Wildman–Crippen LogP) is 2.45. The van der Waals surface area contributed by atoms with Crippen molar-refractivity contribution < 1.29 is 4.79 Å². The number of rotatable bonds is 3. The second-order valence-electron chi connectivity index (χ2n) is 8.27. The van der Waals surface area contributed by atoms with Crippen LogP contribution in [0.3, 0.4) is 0 Å². The van der Waals surface area contributed by atoms with Crippen LogP contribution in [-0.4, -0.2) is 62.3 Å². The number of urea groups is 1. The molecular formula is C19H24N8O. The van der Waals surface area contributed by atoms with E-state index in [0.717, 1.165) is 42.8 Å². The third-order valence-electron chi connectivity index (χ3n) is 6.48. The normalized spacial score (nSPS) is 26.6. The van der Waals surface area contributed by atoms with Crippen molar-refractivity contribution in [2.24, 2.45) is 11.3 Å². The summed E-state index contributed by atoms with van der Waals surface area (Å²) in [7, 11) is 2.12. The topological polar surface area (TPSA) is 106 Å². The molecule has 3 aromatic rings. The summed E-state index contributed by atoms with van der Waals surface area (Å²) >= 11 is 0. The van der Waals surface area contributed by atoms with Gasteiger partial charge in [0.2, 0.25) is 0 Å². The molecule has 3 atom stereocenters. The molecule has 1 aliphatic heterocycles. The monoisotopic (exact) mass is 380 g/mol. The fraction of sp³-hybridized carbons (Fsp3) is 0.474. The van der Waals surface area contributed by atoms with Gasteiger partial charge in [0, 0.05) is 38.4 Å². The van der Waals surface area contributed by atoms with E-state index in [1.165, 1.54) is 0 Å². The number of fused-ring (bicyclic) bond motifs is 2. The van der Waals surface area contributed by atoms with Crippen LogP contribution in [0, 0.1) is 11.3 Å². The van der Waals surface area contributed by atoms with Crippen LogP contribution in [0.15, 0.2) is 30.9 Å². The Balaban J connectivity index is 1.29. The van der Waals surface area contributed by atoms with Gasteiger partial charge in [-0.3, -0.25) is 10.4 Å². The second-order valence-corrected chi connectivity index (χ2v) is 8.27. The van der Waals surface area contributed by atoms with Crippen molar-refractivity contribution in [1.29, 1.82) is 0 Å². The summed E-state index contributed by atoms with van der Waals surface area (Å²) < 4.78 is 0. The summed E-state index contributed by atoms with van der Waals surface area (Å²) in [6, 6.07) is 4.13. The Morgan fingerprint density at radius 3 is 3.07 bits per heavy atom. The SMILES string of the molecule is CN(c1ncnc2[nH]ccc12)[C@@H]1C[C@H]2CN(C(=O)Nc3ccn[nH]3)C[C@@]2(C)C1. The Bertz CT molecular complexity index is 998. The number of carbonyl (C=O) groups is 1. The fourth-order valence-electron chi connectivity index (χ4n) is 4.94. The van der Waals surface area contributed by atoms with Crippen LogP contribution in [0.25, 0.3) is 11.0 Å². The third-order valence-corrected chi connectivity index (χ3v) is 6.48. The van der Waals surface area contributed by atoms with Gasteiger partial charge in [0.15, 0.2) is 0 Å². The van der Waals surface area contributed by atoms with Gasteiger partial charge >= 0.3 is 6.03 Å². The standard InChI is InChI=1S/C19H24N8O/c1-19-8-13(26(2)17-14-3-5-20-16(14)21-11-22-17)7-12(19)9-27(10-19)18(28)24-15-4-6-23-25-15/h3-6,11-13H,7-10H2,1-2H3,(H,20,21,22)(H2,23,24,25,28)/t12-,13+,19+/m0/s1. The number of carbonyl (C=O) groups excluding carboxylic acids is 1. The van der Waals surface area contributed by atoms with E-state index >= 15 is 0 Å². The molecule has 0 unspecified atom stereocenters. The number of H-pyrrole nitrogens is 2. The van der Waals surface area contributed by atoms with Crippen molar-refractivity contribution in [3.63, 3.8) is 0 Å². The smallest absolute Gasteiger partial charge is 0.323 e. The van der Waals surface area contributed by atoms with Crippen LogP contribution < -0.4 is 10.2 Å². The summed E-state index contributed by atoms with van der Waals surface area (Å²) in [5, 5.41) is 10.6. The first kappa shape index (κ1) is 17.0. The van der Waals surface area contributed by atoms with Gasteiger partial charge < -0.3 is 14.8 Å². The molecule has 1 aliphatic carbocycles. The number of aromatic amines is 2. The Hall–Kier alpha value is -3.10. The van der Waals surface area contributed by atoms with Gasteiger partial charge in [0.05, 0.1) is 11.6 Å².